The standard InChI is InChI=1S/C24H30F3NO/c25-24(26,27)29-23-15-13-22(14-16-23)21-11-9-20(10-12-21)19-7-5-18(6-8-19)4-2-1-3-17-28/h1,3,13-16,18-21H,2,4-12H2/t18-,19-,20-,21-. The lowest BCUT2D eigenvalue weighted by Crippen LogP contribution is -2.25. The summed E-state index contributed by atoms with van der Waals surface area (Å²) in [6.07, 6.45) is 11.1. The molecular formula is C24H30F3NO. The van der Waals surface area contributed by atoms with Gasteiger partial charge in [0.2, 0.25) is 0 Å². The molecule has 2 saturated carbocycles. The second-order valence-corrected chi connectivity index (χ2v) is 8.62. The van der Waals surface area contributed by atoms with Gasteiger partial charge in [-0.3, -0.25) is 0 Å². The van der Waals surface area contributed by atoms with Gasteiger partial charge in [-0.25, -0.2) is 0 Å². The Morgan fingerprint density at radius 3 is 2.07 bits per heavy atom. The highest BCUT2D eigenvalue weighted by atomic mass is 19.4. The fourth-order valence-corrected chi connectivity index (χ4v) is 5.28. The fourth-order valence-electron chi connectivity index (χ4n) is 5.28. The second-order valence-electron chi connectivity index (χ2n) is 8.62. The molecule has 1 aromatic carbocycles. The molecule has 29 heavy (non-hydrogen) atoms. The first-order valence-electron chi connectivity index (χ1n) is 10.8. The Labute approximate surface area is 171 Å². The molecule has 0 heterocycles. The molecule has 2 aliphatic rings. The lowest BCUT2D eigenvalue weighted by Gasteiger charge is -2.38. The molecule has 0 aromatic heterocycles. The zero-order valence-corrected chi connectivity index (χ0v) is 16.8. The van der Waals surface area contributed by atoms with Crippen LogP contribution < -0.4 is 4.74 Å². The van der Waals surface area contributed by atoms with E-state index in [9.17, 15) is 13.2 Å². The number of alkyl halides is 3. The van der Waals surface area contributed by atoms with E-state index < -0.39 is 6.36 Å². The highest BCUT2D eigenvalue weighted by Crippen LogP contribution is 2.44. The number of hydrogen-bond donors (Lipinski definition) is 0. The van der Waals surface area contributed by atoms with Crippen LogP contribution in [0.5, 0.6) is 5.75 Å². The van der Waals surface area contributed by atoms with E-state index in [1.165, 1.54) is 57.1 Å². The van der Waals surface area contributed by atoms with Crippen molar-refractivity contribution in [1.82, 2.24) is 0 Å². The van der Waals surface area contributed by atoms with E-state index in [1.54, 1.807) is 18.2 Å². The molecule has 0 saturated heterocycles. The van der Waals surface area contributed by atoms with Crippen molar-refractivity contribution in [2.24, 2.45) is 17.8 Å². The van der Waals surface area contributed by atoms with E-state index in [0.29, 0.717) is 5.92 Å². The molecule has 0 aliphatic heterocycles. The van der Waals surface area contributed by atoms with E-state index in [-0.39, 0.29) is 5.75 Å². The normalized spacial score (nSPS) is 28.2. The maximum Gasteiger partial charge on any atom is 0.573 e. The number of halogens is 3. The van der Waals surface area contributed by atoms with Crippen molar-refractivity contribution in [3.8, 4) is 11.8 Å². The van der Waals surface area contributed by atoms with Gasteiger partial charge in [0.15, 0.2) is 0 Å². The van der Waals surface area contributed by atoms with Gasteiger partial charge in [-0.1, -0.05) is 31.1 Å². The molecule has 2 nitrogen and oxygen atoms in total. The fraction of sp³-hybridized carbons (Fsp3) is 0.625. The number of allylic oxidation sites excluding steroid dienone is 2. The van der Waals surface area contributed by atoms with Gasteiger partial charge < -0.3 is 4.74 Å². The summed E-state index contributed by atoms with van der Waals surface area (Å²) < 4.78 is 40.9. The molecule has 3 rings (SSSR count). The Kier molecular flexibility index (Phi) is 7.64. The van der Waals surface area contributed by atoms with E-state index in [0.717, 1.165) is 42.6 Å². The number of nitrogens with zero attached hydrogens (tertiary/aromatic N) is 1. The molecule has 0 unspecified atom stereocenters. The summed E-state index contributed by atoms with van der Waals surface area (Å²) in [4.78, 5) is 0. The zero-order chi connectivity index (χ0) is 20.7. The van der Waals surface area contributed by atoms with Crippen LogP contribution in [0.2, 0.25) is 0 Å². The van der Waals surface area contributed by atoms with Gasteiger partial charge in [-0.15, -0.1) is 13.2 Å². The van der Waals surface area contributed by atoms with Crippen molar-refractivity contribution in [2.75, 3.05) is 0 Å². The Morgan fingerprint density at radius 1 is 0.931 bits per heavy atom. The van der Waals surface area contributed by atoms with Crippen LogP contribution in [-0.2, 0) is 0 Å². The minimum atomic E-state index is -4.63. The van der Waals surface area contributed by atoms with Gasteiger partial charge in [0.05, 0.1) is 6.07 Å². The Hall–Kier alpha value is -1.96. The monoisotopic (exact) mass is 405 g/mol. The first-order valence-corrected chi connectivity index (χ1v) is 10.8. The molecule has 0 spiro atoms. The highest BCUT2D eigenvalue weighted by molar-refractivity contribution is 5.29. The number of ether oxygens (including phenoxy) is 1. The molecule has 2 fully saturated rings. The van der Waals surface area contributed by atoms with E-state index >= 15 is 0 Å². The molecule has 0 amide bonds. The third kappa shape index (κ3) is 6.80. The molecular weight excluding hydrogens is 375 g/mol. The molecule has 0 N–H and O–H groups in total. The van der Waals surface area contributed by atoms with Crippen molar-refractivity contribution in [3.05, 3.63) is 42.0 Å². The van der Waals surface area contributed by atoms with Gasteiger partial charge in [-0.05, 0) is 92.7 Å². The Balaban J connectivity index is 1.41. The molecule has 0 bridgehead atoms. The average molecular weight is 406 g/mol. The number of benzene rings is 1. The molecule has 1 aromatic rings. The third-order valence-corrected chi connectivity index (χ3v) is 6.85. The van der Waals surface area contributed by atoms with Gasteiger partial charge >= 0.3 is 6.36 Å². The lowest BCUT2D eigenvalue weighted by atomic mass is 9.68. The number of nitriles is 1. The molecule has 0 atom stereocenters. The van der Waals surface area contributed by atoms with Crippen LogP contribution in [0.1, 0.15) is 75.7 Å². The van der Waals surface area contributed by atoms with Crippen molar-refractivity contribution < 1.29 is 17.9 Å². The first-order chi connectivity index (χ1) is 13.9. The van der Waals surface area contributed by atoms with Crippen LogP contribution >= 0.6 is 0 Å². The predicted molar refractivity (Wildman–Crippen MR) is 107 cm³/mol. The zero-order valence-electron chi connectivity index (χ0n) is 16.8. The first kappa shape index (κ1) is 21.7. The highest BCUT2D eigenvalue weighted by Gasteiger charge is 2.32. The smallest absolute Gasteiger partial charge is 0.406 e. The maximum absolute atomic E-state index is 12.3. The van der Waals surface area contributed by atoms with Gasteiger partial charge in [0, 0.05) is 6.08 Å². The molecule has 5 heteroatoms. The van der Waals surface area contributed by atoms with Gasteiger partial charge in [0.25, 0.3) is 0 Å². The minimum Gasteiger partial charge on any atom is -0.406 e. The topological polar surface area (TPSA) is 33.0 Å². The van der Waals surface area contributed by atoms with Crippen LogP contribution in [0.25, 0.3) is 0 Å². The summed E-state index contributed by atoms with van der Waals surface area (Å²) >= 11 is 0. The van der Waals surface area contributed by atoms with E-state index in [1.807, 2.05) is 6.08 Å². The summed E-state index contributed by atoms with van der Waals surface area (Å²) in [5.74, 6) is 2.76. The van der Waals surface area contributed by atoms with E-state index in [4.69, 9.17) is 5.26 Å². The quantitative estimate of drug-likeness (QED) is 0.458. The van der Waals surface area contributed by atoms with Crippen LogP contribution in [0.4, 0.5) is 13.2 Å². The Bertz CT molecular complexity index is 688. The minimum absolute atomic E-state index is 0.144. The SMILES string of the molecule is N#CC=CCC[C@H]1CC[C@H]([C@H]2CC[C@H](c3ccc(OC(F)(F)F)cc3)CC2)CC1. The van der Waals surface area contributed by atoms with Crippen LogP contribution in [0.15, 0.2) is 36.4 Å². The van der Waals surface area contributed by atoms with Crippen molar-refractivity contribution >= 4 is 0 Å². The third-order valence-electron chi connectivity index (χ3n) is 6.85. The second kappa shape index (κ2) is 10.2. The average Bonchev–Trinajstić information content (AvgIpc) is 2.71. The van der Waals surface area contributed by atoms with Crippen LogP contribution in [0.3, 0.4) is 0 Å². The summed E-state index contributed by atoms with van der Waals surface area (Å²) in [5.41, 5.74) is 1.13. The number of rotatable bonds is 6. The van der Waals surface area contributed by atoms with Crippen molar-refractivity contribution in [3.63, 3.8) is 0 Å². The van der Waals surface area contributed by atoms with Gasteiger partial charge in [0.1, 0.15) is 5.75 Å². The summed E-state index contributed by atoms with van der Waals surface area (Å²) in [6.45, 7) is 0. The van der Waals surface area contributed by atoms with Crippen LogP contribution in [-0.4, -0.2) is 6.36 Å². The van der Waals surface area contributed by atoms with E-state index in [2.05, 4.69) is 10.8 Å². The number of hydrogen-bond acceptors (Lipinski definition) is 2. The molecule has 2 aliphatic carbocycles. The molecule has 158 valence electrons. The summed E-state index contributed by atoms with van der Waals surface area (Å²) in [7, 11) is 0. The largest absolute Gasteiger partial charge is 0.573 e. The van der Waals surface area contributed by atoms with Crippen molar-refractivity contribution in [2.45, 2.75) is 76.5 Å². The van der Waals surface area contributed by atoms with Crippen LogP contribution in [0, 0.1) is 29.1 Å². The summed E-state index contributed by atoms with van der Waals surface area (Å²) in [6, 6.07) is 8.50. The summed E-state index contributed by atoms with van der Waals surface area (Å²) in [5, 5.41) is 8.54. The molecule has 0 radical (unpaired) electrons. The predicted octanol–water partition coefficient (Wildman–Crippen LogP) is 7.53. The van der Waals surface area contributed by atoms with Crippen molar-refractivity contribution in [1.29, 1.82) is 5.26 Å². The maximum atomic E-state index is 12.3. The lowest BCUT2D eigenvalue weighted by molar-refractivity contribution is -0.274. The van der Waals surface area contributed by atoms with Gasteiger partial charge in [-0.2, -0.15) is 5.26 Å². The Morgan fingerprint density at radius 2 is 1.52 bits per heavy atom.